The topological polar surface area (TPSA) is 80.0 Å². The van der Waals surface area contributed by atoms with Gasteiger partial charge in [0, 0.05) is 24.2 Å². The molecular weight excluding hydrogens is 272 g/mol. The number of amides is 1. The Balaban J connectivity index is 2.31. The third-order valence-electron chi connectivity index (χ3n) is 2.96. The fourth-order valence-electron chi connectivity index (χ4n) is 1.87. The Labute approximate surface area is 122 Å². The lowest BCUT2D eigenvalue weighted by Gasteiger charge is -2.26. The van der Waals surface area contributed by atoms with E-state index in [9.17, 15) is 4.79 Å². The van der Waals surface area contributed by atoms with Gasteiger partial charge in [0.1, 0.15) is 5.01 Å². The zero-order valence-electron chi connectivity index (χ0n) is 11.7. The lowest BCUT2D eigenvalue weighted by atomic mass is 10.0. The molecule has 0 radical (unpaired) electrons. The van der Waals surface area contributed by atoms with Crippen molar-refractivity contribution in [2.75, 3.05) is 18.1 Å². The highest BCUT2D eigenvalue weighted by Gasteiger charge is 2.24. The van der Waals surface area contributed by atoms with Gasteiger partial charge in [0.15, 0.2) is 0 Å². The lowest BCUT2D eigenvalue weighted by molar-refractivity contribution is 0.0963. The van der Waals surface area contributed by atoms with E-state index in [1.807, 2.05) is 19.2 Å². The first-order chi connectivity index (χ1) is 9.44. The fraction of sp³-hybridized carbons (Fsp3) is 0.286. The Morgan fingerprint density at radius 3 is 2.75 bits per heavy atom. The first-order valence-electron chi connectivity index (χ1n) is 6.24. The number of hydrogen-bond donors (Lipinski definition) is 3. The van der Waals surface area contributed by atoms with Gasteiger partial charge in [-0.05, 0) is 32.0 Å². The molecule has 6 heteroatoms. The van der Waals surface area contributed by atoms with Crippen LogP contribution in [0.2, 0.25) is 0 Å². The first kappa shape index (κ1) is 14.3. The summed E-state index contributed by atoms with van der Waals surface area (Å²) in [7, 11) is 1.60. The van der Waals surface area contributed by atoms with Gasteiger partial charge in [-0.2, -0.15) is 0 Å². The summed E-state index contributed by atoms with van der Waals surface area (Å²) in [5.41, 5.74) is 7.52. The van der Waals surface area contributed by atoms with Gasteiger partial charge in [-0.1, -0.05) is 0 Å². The highest BCUT2D eigenvalue weighted by Crippen LogP contribution is 2.30. The number of anilines is 2. The Kier molecular flexibility index (Phi) is 3.94. The zero-order chi connectivity index (χ0) is 14.8. The van der Waals surface area contributed by atoms with E-state index < -0.39 is 0 Å². The maximum atomic E-state index is 11.7. The predicted molar refractivity (Wildman–Crippen MR) is 83.0 cm³/mol. The zero-order valence-corrected chi connectivity index (χ0v) is 12.5. The molecule has 0 atom stereocenters. The van der Waals surface area contributed by atoms with E-state index in [0.717, 1.165) is 10.7 Å². The minimum absolute atomic E-state index is 0.139. The van der Waals surface area contributed by atoms with Gasteiger partial charge in [0.05, 0.1) is 16.9 Å². The van der Waals surface area contributed by atoms with E-state index in [1.165, 1.54) is 0 Å². The summed E-state index contributed by atoms with van der Waals surface area (Å²) in [4.78, 5) is 16.0. The maximum absolute atomic E-state index is 11.7. The Morgan fingerprint density at radius 1 is 1.40 bits per heavy atom. The van der Waals surface area contributed by atoms with Crippen LogP contribution in [0.1, 0.15) is 29.2 Å². The molecule has 5 nitrogen and oxygen atoms in total. The molecule has 4 N–H and O–H groups in total. The van der Waals surface area contributed by atoms with Crippen LogP contribution in [0.25, 0.3) is 0 Å². The summed E-state index contributed by atoms with van der Waals surface area (Å²) in [5, 5.41) is 8.85. The summed E-state index contributed by atoms with van der Waals surface area (Å²) >= 11 is 1.58. The summed E-state index contributed by atoms with van der Waals surface area (Å²) in [5.74, 6) is -0.139. The van der Waals surface area contributed by atoms with Gasteiger partial charge in [-0.15, -0.1) is 11.3 Å². The minimum atomic E-state index is -0.358. The molecule has 0 unspecified atom stereocenters. The summed E-state index contributed by atoms with van der Waals surface area (Å²) < 4.78 is 0. The number of nitrogens with one attached hydrogen (secondary N) is 2. The second-order valence-corrected chi connectivity index (χ2v) is 5.86. The molecule has 2 aromatic rings. The number of hydrogen-bond acceptors (Lipinski definition) is 5. The number of nitrogens with two attached hydrogens (primary N) is 1. The third kappa shape index (κ3) is 2.91. The van der Waals surface area contributed by atoms with Crippen LogP contribution >= 0.6 is 11.3 Å². The number of nitrogens with zero attached hydrogens (tertiary/aromatic N) is 1. The van der Waals surface area contributed by atoms with Gasteiger partial charge < -0.3 is 16.4 Å². The predicted octanol–water partition coefficient (Wildman–Crippen LogP) is 2.43. The van der Waals surface area contributed by atoms with Crippen molar-refractivity contribution in [3.63, 3.8) is 0 Å². The molecule has 0 aliphatic carbocycles. The van der Waals surface area contributed by atoms with E-state index in [2.05, 4.69) is 15.6 Å². The number of thiazole rings is 1. The van der Waals surface area contributed by atoms with Crippen LogP contribution in [0.4, 0.5) is 11.4 Å². The number of carbonyl (C=O) groups excluding carboxylic acids is 1. The largest absolute Gasteiger partial charge is 0.397 e. The van der Waals surface area contributed by atoms with E-state index in [-0.39, 0.29) is 11.4 Å². The van der Waals surface area contributed by atoms with Gasteiger partial charge in [-0.3, -0.25) is 4.79 Å². The quantitative estimate of drug-likeness (QED) is 0.756. The average Bonchev–Trinajstić information content (AvgIpc) is 2.95. The molecule has 0 saturated carbocycles. The Bertz CT molecular complexity index is 608. The molecule has 20 heavy (non-hydrogen) atoms. The highest BCUT2D eigenvalue weighted by molar-refractivity contribution is 7.09. The lowest BCUT2D eigenvalue weighted by Crippen LogP contribution is -2.28. The van der Waals surface area contributed by atoms with Gasteiger partial charge in [-0.25, -0.2) is 4.98 Å². The van der Waals surface area contributed by atoms with E-state index in [0.29, 0.717) is 11.3 Å². The van der Waals surface area contributed by atoms with Crippen molar-refractivity contribution in [2.45, 2.75) is 19.4 Å². The number of benzene rings is 1. The summed E-state index contributed by atoms with van der Waals surface area (Å²) in [6, 6.07) is 5.18. The van der Waals surface area contributed by atoms with Crippen molar-refractivity contribution in [2.24, 2.45) is 0 Å². The molecular formula is C14H18N4OS. The van der Waals surface area contributed by atoms with Crippen LogP contribution < -0.4 is 16.4 Å². The summed E-state index contributed by atoms with van der Waals surface area (Å²) in [6.45, 7) is 4.05. The Morgan fingerprint density at radius 2 is 2.15 bits per heavy atom. The van der Waals surface area contributed by atoms with Crippen LogP contribution in [0.15, 0.2) is 29.8 Å². The Hall–Kier alpha value is -2.08. The molecule has 0 spiro atoms. The molecule has 0 fully saturated rings. The molecule has 0 saturated heterocycles. The summed E-state index contributed by atoms with van der Waals surface area (Å²) in [6.07, 6.45) is 1.77. The van der Waals surface area contributed by atoms with Crippen LogP contribution in [-0.2, 0) is 5.54 Å². The molecule has 2 rings (SSSR count). The van der Waals surface area contributed by atoms with E-state index in [4.69, 9.17) is 5.73 Å². The molecule has 0 aliphatic heterocycles. The number of nitrogen functional groups attached to an aromatic ring is 1. The molecule has 106 valence electrons. The molecule has 0 bridgehead atoms. The highest BCUT2D eigenvalue weighted by atomic mass is 32.1. The van der Waals surface area contributed by atoms with Crippen LogP contribution in [-0.4, -0.2) is 17.9 Å². The molecule has 1 aromatic carbocycles. The molecule has 1 amide bonds. The number of aromatic nitrogens is 1. The van der Waals surface area contributed by atoms with Crippen molar-refractivity contribution < 1.29 is 4.79 Å². The number of carbonyl (C=O) groups is 1. The van der Waals surface area contributed by atoms with Crippen molar-refractivity contribution in [1.29, 1.82) is 0 Å². The van der Waals surface area contributed by atoms with E-state index in [1.54, 1.807) is 42.8 Å². The fourth-order valence-corrected chi connectivity index (χ4v) is 2.59. The second-order valence-electron chi connectivity index (χ2n) is 4.97. The molecule has 0 aliphatic rings. The maximum Gasteiger partial charge on any atom is 0.251 e. The molecule has 1 heterocycles. The van der Waals surface area contributed by atoms with Crippen molar-refractivity contribution in [1.82, 2.24) is 10.3 Å². The van der Waals surface area contributed by atoms with Crippen molar-refractivity contribution in [3.05, 3.63) is 40.3 Å². The van der Waals surface area contributed by atoms with E-state index >= 15 is 0 Å². The van der Waals surface area contributed by atoms with Gasteiger partial charge >= 0.3 is 0 Å². The van der Waals surface area contributed by atoms with Gasteiger partial charge in [0.2, 0.25) is 0 Å². The smallest absolute Gasteiger partial charge is 0.251 e. The van der Waals surface area contributed by atoms with Crippen molar-refractivity contribution in [3.8, 4) is 0 Å². The van der Waals surface area contributed by atoms with Crippen LogP contribution in [0.5, 0.6) is 0 Å². The standard InChI is InChI=1S/C14H18N4OS/c1-14(2,13-17-6-7-20-13)18-11-8-9(12(19)16-3)4-5-10(11)15/h4-8,18H,15H2,1-3H3,(H,16,19). The average molecular weight is 290 g/mol. The van der Waals surface area contributed by atoms with Crippen LogP contribution in [0, 0.1) is 0 Å². The third-order valence-corrected chi connectivity index (χ3v) is 4.05. The van der Waals surface area contributed by atoms with Gasteiger partial charge in [0.25, 0.3) is 5.91 Å². The van der Waals surface area contributed by atoms with Crippen LogP contribution in [0.3, 0.4) is 0 Å². The first-order valence-corrected chi connectivity index (χ1v) is 7.12. The van der Waals surface area contributed by atoms with Crippen molar-refractivity contribution >= 4 is 28.6 Å². The minimum Gasteiger partial charge on any atom is -0.397 e. The monoisotopic (exact) mass is 290 g/mol. The normalized spacial score (nSPS) is 11.2. The molecule has 1 aromatic heterocycles. The number of rotatable bonds is 4. The second kappa shape index (κ2) is 5.50. The SMILES string of the molecule is CNC(=O)c1ccc(N)c(NC(C)(C)c2nccs2)c1.